The molecule has 0 spiro atoms. The molecule has 0 bridgehead atoms. The number of methoxy groups -OCH3 is 2. The molecule has 36 heavy (non-hydrogen) atoms. The third-order valence-corrected chi connectivity index (χ3v) is 5.32. The minimum absolute atomic E-state index is 0.149. The Bertz CT molecular complexity index is 1370. The maximum absolute atomic E-state index is 12.4. The van der Waals surface area contributed by atoms with Gasteiger partial charge < -0.3 is 20.1 Å². The van der Waals surface area contributed by atoms with Gasteiger partial charge in [0, 0.05) is 29.1 Å². The second-order valence-corrected chi connectivity index (χ2v) is 7.75. The zero-order chi connectivity index (χ0) is 25.3. The third-order valence-electron chi connectivity index (χ3n) is 5.32. The Kier molecular flexibility index (Phi) is 7.77. The summed E-state index contributed by atoms with van der Waals surface area (Å²) in [4.78, 5) is 24.6. The Balaban J connectivity index is 1.54. The average molecular weight is 483 g/mol. The number of ether oxygens (including phenoxy) is 2. The van der Waals surface area contributed by atoms with Crippen molar-refractivity contribution in [2.75, 3.05) is 26.1 Å². The zero-order valence-corrected chi connectivity index (χ0v) is 20.0. The lowest BCUT2D eigenvalue weighted by molar-refractivity contribution is -0.121. The molecule has 0 radical (unpaired) electrons. The summed E-state index contributed by atoms with van der Waals surface area (Å²) in [7, 11) is 3.15. The lowest BCUT2D eigenvalue weighted by Crippen LogP contribution is -2.31. The van der Waals surface area contributed by atoms with Crippen molar-refractivity contribution in [1.29, 1.82) is 0 Å². The number of nitrogens with zero attached hydrogens (tertiary/aromatic N) is 2. The second kappa shape index (κ2) is 11.5. The number of nitrogens with one attached hydrogen (secondary N) is 2. The fraction of sp³-hybridized carbons (Fsp3) is 0.107. The van der Waals surface area contributed by atoms with E-state index in [4.69, 9.17) is 14.6 Å². The van der Waals surface area contributed by atoms with Crippen molar-refractivity contribution in [3.63, 3.8) is 0 Å². The molecule has 8 heteroatoms. The summed E-state index contributed by atoms with van der Waals surface area (Å²) < 4.78 is 12.5. The normalized spacial score (nSPS) is 10.7. The van der Waals surface area contributed by atoms with Crippen molar-refractivity contribution in [3.05, 3.63) is 96.7 Å². The summed E-state index contributed by atoms with van der Waals surface area (Å²) in [5, 5.41) is 10.1. The van der Waals surface area contributed by atoms with Crippen molar-refractivity contribution >= 4 is 23.6 Å². The first-order valence-corrected chi connectivity index (χ1v) is 11.3. The molecule has 182 valence electrons. The molecule has 0 atom stereocenters. The van der Waals surface area contributed by atoms with E-state index in [0.29, 0.717) is 22.9 Å². The summed E-state index contributed by atoms with van der Waals surface area (Å²) in [6.45, 7) is -0.149. The molecule has 4 rings (SSSR count). The fourth-order valence-electron chi connectivity index (χ4n) is 3.55. The Hall–Kier alpha value is -4.85. The van der Waals surface area contributed by atoms with E-state index >= 15 is 0 Å². The minimum Gasteiger partial charge on any atom is -0.493 e. The highest BCUT2D eigenvalue weighted by atomic mass is 16.5. The van der Waals surface area contributed by atoms with Crippen LogP contribution in [0.25, 0.3) is 23.0 Å². The summed E-state index contributed by atoms with van der Waals surface area (Å²) in [5.74, 6) is 0.463. The van der Waals surface area contributed by atoms with E-state index in [-0.39, 0.29) is 12.5 Å². The second-order valence-electron chi connectivity index (χ2n) is 7.75. The Morgan fingerprint density at radius 3 is 2.31 bits per heavy atom. The van der Waals surface area contributed by atoms with Gasteiger partial charge in [0.1, 0.15) is 5.69 Å². The van der Waals surface area contributed by atoms with Gasteiger partial charge in [0.15, 0.2) is 11.5 Å². The van der Waals surface area contributed by atoms with Crippen LogP contribution in [0.1, 0.15) is 5.56 Å². The predicted molar refractivity (Wildman–Crippen MR) is 139 cm³/mol. The molecule has 1 heterocycles. The van der Waals surface area contributed by atoms with E-state index < -0.39 is 5.91 Å². The molecule has 0 fully saturated rings. The van der Waals surface area contributed by atoms with Crippen molar-refractivity contribution in [2.24, 2.45) is 0 Å². The number of benzene rings is 3. The Morgan fingerprint density at radius 1 is 0.917 bits per heavy atom. The monoisotopic (exact) mass is 482 g/mol. The van der Waals surface area contributed by atoms with Crippen LogP contribution in [0.4, 0.5) is 5.69 Å². The fourth-order valence-corrected chi connectivity index (χ4v) is 3.55. The molecule has 2 N–H and O–H groups in total. The van der Waals surface area contributed by atoms with Gasteiger partial charge in [-0.2, -0.15) is 5.10 Å². The number of aromatic nitrogens is 2. The molecule has 8 nitrogen and oxygen atoms in total. The van der Waals surface area contributed by atoms with Crippen molar-refractivity contribution in [1.82, 2.24) is 15.1 Å². The van der Waals surface area contributed by atoms with Gasteiger partial charge >= 0.3 is 0 Å². The number of carbonyl (C=O) groups excluding carboxylic acids is 2. The van der Waals surface area contributed by atoms with Crippen LogP contribution in [-0.2, 0) is 9.59 Å². The highest BCUT2D eigenvalue weighted by molar-refractivity contribution is 5.98. The van der Waals surface area contributed by atoms with Crippen molar-refractivity contribution < 1.29 is 19.1 Å². The van der Waals surface area contributed by atoms with E-state index in [9.17, 15) is 9.59 Å². The van der Waals surface area contributed by atoms with Gasteiger partial charge in [-0.15, -0.1) is 0 Å². The van der Waals surface area contributed by atoms with Gasteiger partial charge in [-0.3, -0.25) is 9.59 Å². The maximum atomic E-state index is 12.4. The number of rotatable bonds is 9. The van der Waals surface area contributed by atoms with E-state index in [2.05, 4.69) is 10.6 Å². The average Bonchev–Trinajstić information content (AvgIpc) is 3.35. The van der Waals surface area contributed by atoms with Gasteiger partial charge in [0.2, 0.25) is 11.8 Å². The molecule has 0 aliphatic heterocycles. The molecular formula is C28H26N4O4. The molecule has 3 aromatic carbocycles. The lowest BCUT2D eigenvalue weighted by atomic mass is 10.1. The highest BCUT2D eigenvalue weighted by Crippen LogP contribution is 2.33. The predicted octanol–water partition coefficient (Wildman–Crippen LogP) is 4.32. The molecule has 0 saturated heterocycles. The number of para-hydroxylation sites is 2. The van der Waals surface area contributed by atoms with E-state index in [1.807, 2.05) is 66.9 Å². The van der Waals surface area contributed by atoms with Gasteiger partial charge in [0.05, 0.1) is 26.5 Å². The van der Waals surface area contributed by atoms with Crippen LogP contribution in [0.5, 0.6) is 11.5 Å². The zero-order valence-electron chi connectivity index (χ0n) is 20.0. The number of carbonyl (C=O) groups is 2. The van der Waals surface area contributed by atoms with Gasteiger partial charge in [-0.25, -0.2) is 4.68 Å². The standard InChI is InChI=1S/C28H26N4O4/c1-35-24-15-13-20(17-25(24)36-2)28-21(19-32(31-28)23-11-7-4-8-12-23)14-16-26(33)29-18-27(34)30-22-9-5-3-6-10-22/h3-17,19H,18H2,1-2H3,(H,29,33)(H,30,34). The van der Waals surface area contributed by atoms with Crippen LogP contribution in [0.15, 0.2) is 91.1 Å². The number of anilines is 1. The minimum atomic E-state index is -0.399. The topological polar surface area (TPSA) is 94.5 Å². The smallest absolute Gasteiger partial charge is 0.244 e. The number of hydrogen-bond donors (Lipinski definition) is 2. The molecular weight excluding hydrogens is 456 g/mol. The highest BCUT2D eigenvalue weighted by Gasteiger charge is 2.14. The van der Waals surface area contributed by atoms with Crippen molar-refractivity contribution in [2.45, 2.75) is 0 Å². The van der Waals surface area contributed by atoms with Crippen LogP contribution in [-0.4, -0.2) is 42.4 Å². The van der Waals surface area contributed by atoms with Crippen LogP contribution in [0, 0.1) is 0 Å². The summed E-state index contributed by atoms with van der Waals surface area (Å²) in [5.41, 5.74) is 3.71. The van der Waals surface area contributed by atoms with E-state index in [1.165, 1.54) is 6.08 Å². The van der Waals surface area contributed by atoms with Crippen LogP contribution < -0.4 is 20.1 Å². The first-order valence-electron chi connectivity index (χ1n) is 11.3. The van der Waals surface area contributed by atoms with Crippen LogP contribution >= 0.6 is 0 Å². The van der Waals surface area contributed by atoms with Gasteiger partial charge in [-0.1, -0.05) is 36.4 Å². The maximum Gasteiger partial charge on any atom is 0.244 e. The number of hydrogen-bond acceptors (Lipinski definition) is 5. The summed E-state index contributed by atoms with van der Waals surface area (Å²) >= 11 is 0. The molecule has 0 unspecified atom stereocenters. The van der Waals surface area contributed by atoms with Gasteiger partial charge in [-0.05, 0) is 48.5 Å². The SMILES string of the molecule is COc1ccc(-c2nn(-c3ccccc3)cc2C=CC(=O)NCC(=O)Nc2ccccc2)cc1OC. The summed E-state index contributed by atoms with van der Waals surface area (Å²) in [6, 6.07) is 24.2. The van der Waals surface area contributed by atoms with E-state index in [0.717, 1.165) is 16.8 Å². The molecule has 2 amide bonds. The first-order chi connectivity index (χ1) is 17.6. The van der Waals surface area contributed by atoms with Crippen LogP contribution in [0.3, 0.4) is 0 Å². The van der Waals surface area contributed by atoms with Crippen molar-refractivity contribution in [3.8, 4) is 28.4 Å². The lowest BCUT2D eigenvalue weighted by Gasteiger charge is -2.09. The number of amides is 2. The van der Waals surface area contributed by atoms with E-state index in [1.54, 1.807) is 43.2 Å². The molecule has 0 aliphatic carbocycles. The third kappa shape index (κ3) is 5.98. The quantitative estimate of drug-likeness (QED) is 0.347. The largest absolute Gasteiger partial charge is 0.493 e. The Labute approximate surface area is 209 Å². The molecule has 1 aromatic heterocycles. The molecule has 0 saturated carbocycles. The Morgan fingerprint density at radius 2 is 1.61 bits per heavy atom. The molecule has 4 aromatic rings. The summed E-state index contributed by atoms with van der Waals surface area (Å²) in [6.07, 6.45) is 4.89. The van der Waals surface area contributed by atoms with Crippen LogP contribution in [0.2, 0.25) is 0 Å². The first kappa shape index (κ1) is 24.3. The molecule has 0 aliphatic rings. The van der Waals surface area contributed by atoms with Gasteiger partial charge in [0.25, 0.3) is 0 Å².